The first-order valence-electron chi connectivity index (χ1n) is 6.71. The zero-order chi connectivity index (χ0) is 15.7. The van der Waals surface area contributed by atoms with Gasteiger partial charge in [-0.1, -0.05) is 13.0 Å². The van der Waals surface area contributed by atoms with Crippen LogP contribution in [0.5, 0.6) is 0 Å². The monoisotopic (exact) mass is 322 g/mol. The lowest BCUT2D eigenvalue weighted by Crippen LogP contribution is -2.31. The van der Waals surface area contributed by atoms with Gasteiger partial charge in [-0.05, 0) is 37.0 Å². The summed E-state index contributed by atoms with van der Waals surface area (Å²) in [5.41, 5.74) is -3.53. The highest BCUT2D eigenvalue weighted by Crippen LogP contribution is 2.32. The number of nitrogens with one attached hydrogen (secondary N) is 1. The fraction of sp³-hybridized carbons (Fsp3) is 0.538. The first-order valence-corrected chi connectivity index (χ1v) is 8.20. The molecule has 21 heavy (non-hydrogen) atoms. The topological polar surface area (TPSA) is 49.4 Å². The van der Waals surface area contributed by atoms with Crippen LogP contribution >= 0.6 is 0 Å². The Morgan fingerprint density at radius 2 is 2.05 bits per heavy atom. The predicted octanol–water partition coefficient (Wildman–Crippen LogP) is 3.11. The molecule has 0 aromatic heterocycles. The van der Waals surface area contributed by atoms with E-state index in [2.05, 4.69) is 4.90 Å². The van der Waals surface area contributed by atoms with Gasteiger partial charge in [0.25, 0.3) is 0 Å². The first-order chi connectivity index (χ1) is 9.74. The number of nitrogens with zero attached hydrogens (tertiary/aromatic N) is 1. The number of hydrogen-bond donors (Lipinski definition) is 1. The van der Waals surface area contributed by atoms with E-state index in [-0.39, 0.29) is 5.69 Å². The van der Waals surface area contributed by atoms with E-state index in [1.165, 1.54) is 12.1 Å². The molecule has 1 aliphatic rings. The van der Waals surface area contributed by atoms with Crippen LogP contribution in [-0.4, -0.2) is 27.0 Å². The standard InChI is InChI=1S/C13H17F3N2O2S/c1-2-7-18-8-3-4-10-5-6-11(9-12(10)18)17-21(19,20)13(14,15)16/h5-6,9,17H,2-4,7-8H2,1H3. The number of aryl methyl sites for hydroxylation is 1. The lowest BCUT2D eigenvalue weighted by Gasteiger charge is -2.31. The fourth-order valence-corrected chi connectivity index (χ4v) is 2.98. The number of alkyl halides is 3. The Labute approximate surface area is 122 Å². The first kappa shape index (κ1) is 15.9. The molecule has 118 valence electrons. The molecule has 2 rings (SSSR count). The minimum Gasteiger partial charge on any atom is -0.371 e. The third-order valence-corrected chi connectivity index (χ3v) is 4.46. The van der Waals surface area contributed by atoms with Crippen molar-refractivity contribution in [3.63, 3.8) is 0 Å². The number of anilines is 2. The van der Waals surface area contributed by atoms with Gasteiger partial charge in [0.1, 0.15) is 0 Å². The minimum atomic E-state index is -5.38. The SMILES string of the molecule is CCCN1CCCc2ccc(NS(=O)(=O)C(F)(F)F)cc21. The van der Waals surface area contributed by atoms with Crippen LogP contribution < -0.4 is 9.62 Å². The summed E-state index contributed by atoms with van der Waals surface area (Å²) in [6.07, 6.45) is 2.75. The summed E-state index contributed by atoms with van der Waals surface area (Å²) >= 11 is 0. The molecule has 0 fully saturated rings. The number of benzene rings is 1. The summed E-state index contributed by atoms with van der Waals surface area (Å²) in [5.74, 6) is 0. The Balaban J connectivity index is 2.30. The van der Waals surface area contributed by atoms with Crippen LogP contribution in [0.2, 0.25) is 0 Å². The maximum Gasteiger partial charge on any atom is 0.516 e. The van der Waals surface area contributed by atoms with Crippen molar-refractivity contribution in [3.8, 4) is 0 Å². The Morgan fingerprint density at radius 3 is 2.67 bits per heavy atom. The van der Waals surface area contributed by atoms with Crippen molar-refractivity contribution in [3.05, 3.63) is 23.8 Å². The van der Waals surface area contributed by atoms with Crippen LogP contribution in [0, 0.1) is 0 Å². The van der Waals surface area contributed by atoms with Crippen molar-refractivity contribution in [2.45, 2.75) is 31.7 Å². The molecule has 0 unspecified atom stereocenters. The molecule has 0 spiro atoms. The number of fused-ring (bicyclic) bond motifs is 1. The normalized spacial score (nSPS) is 15.7. The largest absolute Gasteiger partial charge is 0.516 e. The smallest absolute Gasteiger partial charge is 0.371 e. The Hall–Kier alpha value is -1.44. The van der Waals surface area contributed by atoms with Gasteiger partial charge in [0.05, 0.1) is 5.69 Å². The molecule has 8 heteroatoms. The molecule has 0 aliphatic carbocycles. The molecule has 1 aliphatic heterocycles. The molecule has 4 nitrogen and oxygen atoms in total. The summed E-state index contributed by atoms with van der Waals surface area (Å²) in [6.45, 7) is 3.64. The molecule has 1 N–H and O–H groups in total. The van der Waals surface area contributed by atoms with E-state index in [4.69, 9.17) is 0 Å². The summed E-state index contributed by atoms with van der Waals surface area (Å²) in [7, 11) is -5.38. The lowest BCUT2D eigenvalue weighted by atomic mass is 10.0. The summed E-state index contributed by atoms with van der Waals surface area (Å²) in [4.78, 5) is 2.07. The molecular weight excluding hydrogens is 305 g/mol. The van der Waals surface area contributed by atoms with Gasteiger partial charge in [-0.15, -0.1) is 0 Å². The summed E-state index contributed by atoms with van der Waals surface area (Å²) in [5, 5.41) is 0. The van der Waals surface area contributed by atoms with Crippen LogP contribution in [0.1, 0.15) is 25.3 Å². The van der Waals surface area contributed by atoms with Crippen molar-refractivity contribution >= 4 is 21.4 Å². The molecule has 0 atom stereocenters. The summed E-state index contributed by atoms with van der Waals surface area (Å²) in [6, 6.07) is 4.54. The van der Waals surface area contributed by atoms with Crippen LogP contribution in [0.4, 0.5) is 24.5 Å². The average molecular weight is 322 g/mol. The highest BCUT2D eigenvalue weighted by atomic mass is 32.2. The molecule has 0 radical (unpaired) electrons. The second-order valence-electron chi connectivity index (χ2n) is 4.99. The molecular formula is C13H17F3N2O2S. The van der Waals surface area contributed by atoms with E-state index in [1.807, 2.05) is 6.92 Å². The van der Waals surface area contributed by atoms with Crippen molar-refractivity contribution in [1.29, 1.82) is 0 Å². The van der Waals surface area contributed by atoms with Gasteiger partial charge >= 0.3 is 15.5 Å². The maximum atomic E-state index is 12.4. The summed E-state index contributed by atoms with van der Waals surface area (Å²) < 4.78 is 61.1. The van der Waals surface area contributed by atoms with Gasteiger partial charge in [-0.2, -0.15) is 21.6 Å². The number of halogens is 3. The zero-order valence-electron chi connectivity index (χ0n) is 11.6. The van der Waals surface area contributed by atoms with Crippen molar-refractivity contribution in [1.82, 2.24) is 0 Å². The molecule has 1 heterocycles. The van der Waals surface area contributed by atoms with Crippen molar-refractivity contribution in [2.24, 2.45) is 0 Å². The van der Waals surface area contributed by atoms with Gasteiger partial charge < -0.3 is 4.90 Å². The van der Waals surface area contributed by atoms with Gasteiger partial charge in [0, 0.05) is 18.8 Å². The minimum absolute atomic E-state index is 0.0610. The fourth-order valence-electron chi connectivity index (χ4n) is 2.43. The second-order valence-corrected chi connectivity index (χ2v) is 6.66. The Morgan fingerprint density at radius 1 is 1.33 bits per heavy atom. The van der Waals surface area contributed by atoms with E-state index in [0.29, 0.717) is 0 Å². The number of hydrogen-bond acceptors (Lipinski definition) is 3. The second kappa shape index (κ2) is 5.75. The molecule has 0 saturated carbocycles. The van der Waals surface area contributed by atoms with E-state index >= 15 is 0 Å². The molecule has 0 bridgehead atoms. The molecule has 0 saturated heterocycles. The Bertz CT molecular complexity index is 614. The van der Waals surface area contributed by atoms with Crippen LogP contribution in [-0.2, 0) is 16.4 Å². The van der Waals surface area contributed by atoms with E-state index in [1.54, 1.807) is 10.8 Å². The highest BCUT2D eigenvalue weighted by molar-refractivity contribution is 7.93. The van der Waals surface area contributed by atoms with Crippen LogP contribution in [0.25, 0.3) is 0 Å². The average Bonchev–Trinajstić information content (AvgIpc) is 2.38. The van der Waals surface area contributed by atoms with Gasteiger partial charge in [0.2, 0.25) is 0 Å². The highest BCUT2D eigenvalue weighted by Gasteiger charge is 2.46. The van der Waals surface area contributed by atoms with E-state index in [0.717, 1.165) is 43.6 Å². The zero-order valence-corrected chi connectivity index (χ0v) is 12.4. The molecule has 1 aromatic rings. The number of sulfonamides is 1. The van der Waals surface area contributed by atoms with Gasteiger partial charge in [-0.3, -0.25) is 4.72 Å². The van der Waals surface area contributed by atoms with Gasteiger partial charge in [-0.25, -0.2) is 0 Å². The third kappa shape index (κ3) is 3.42. The van der Waals surface area contributed by atoms with E-state index < -0.39 is 15.5 Å². The lowest BCUT2D eigenvalue weighted by molar-refractivity contribution is -0.0429. The molecule has 0 amide bonds. The van der Waals surface area contributed by atoms with Crippen LogP contribution in [0.3, 0.4) is 0 Å². The van der Waals surface area contributed by atoms with Crippen LogP contribution in [0.15, 0.2) is 18.2 Å². The van der Waals surface area contributed by atoms with Gasteiger partial charge in [0.15, 0.2) is 0 Å². The third-order valence-electron chi connectivity index (χ3n) is 3.35. The predicted molar refractivity (Wildman–Crippen MR) is 75.9 cm³/mol. The Kier molecular flexibility index (Phi) is 4.36. The number of rotatable bonds is 4. The van der Waals surface area contributed by atoms with E-state index in [9.17, 15) is 21.6 Å². The molecule has 1 aromatic carbocycles. The maximum absolute atomic E-state index is 12.4. The van der Waals surface area contributed by atoms with Crippen molar-refractivity contribution < 1.29 is 21.6 Å². The van der Waals surface area contributed by atoms with Crippen molar-refractivity contribution in [2.75, 3.05) is 22.7 Å². The quantitative estimate of drug-likeness (QED) is 0.926.